The van der Waals surface area contributed by atoms with E-state index in [9.17, 15) is 57.8 Å². The lowest BCUT2D eigenvalue weighted by atomic mass is 10.00. The third-order valence-corrected chi connectivity index (χ3v) is 15.0. The number of hydrogen-bond donors (Lipinski definition) is 13. The largest absolute Gasteiger partial charge is 0.508 e. The first-order valence-corrected chi connectivity index (χ1v) is 30.0. The smallest absolute Gasteiger partial charge is 0.252 e. The molecule has 0 unspecified atom stereocenters. The highest BCUT2D eigenvalue weighted by Crippen LogP contribution is 2.22. The Morgan fingerprint density at radius 3 is 2.03 bits per heavy atom. The number of aromatic nitrogens is 2. The molecule has 0 aliphatic carbocycles. The van der Waals surface area contributed by atoms with Gasteiger partial charge in [-0.05, 0) is 130 Å². The number of pyridine rings is 1. The van der Waals surface area contributed by atoms with Gasteiger partial charge in [0.1, 0.15) is 53.9 Å². The summed E-state index contributed by atoms with van der Waals surface area (Å²) in [7, 11) is 0. The van der Waals surface area contributed by atoms with Gasteiger partial charge in [0.15, 0.2) is 5.96 Å². The quantitative estimate of drug-likeness (QED) is 0.0158. The SMILES string of the molecule is CCNC(=O)[C@@H]1CCCN1C(=O)[C@H](CCCN=C(N)N)NC(=O)[C@H](CC(C)C)NC(=O)[C@@H](CCCCNC(=O)c1cccnc1)NC(=O)[C@H](Cc1ccc(O)cc1)NC(=O)[C@H](CO)NC(=O)[C@@H](Cc1c[nH]c2ccccc12)NC(=O)CCc1ccc(F)cc1. The van der Waals surface area contributed by atoms with Crippen LogP contribution in [-0.2, 0) is 57.6 Å². The third kappa shape index (κ3) is 21.7. The molecule has 3 aromatic carbocycles. The molecule has 1 aliphatic heterocycles. The molecule has 1 fully saturated rings. The summed E-state index contributed by atoms with van der Waals surface area (Å²) in [6.07, 6.45) is 6.26. The fourth-order valence-electron chi connectivity index (χ4n) is 10.3. The van der Waals surface area contributed by atoms with Crippen LogP contribution in [0.4, 0.5) is 4.39 Å². The number of likely N-dealkylation sites (N-methyl/N-ethyl adjacent to an activating group) is 1. The Bertz CT molecular complexity index is 3220. The molecule has 6 rings (SSSR count). The Balaban J connectivity index is 1.24. The van der Waals surface area contributed by atoms with Crippen molar-refractivity contribution >= 4 is 70.0 Å². The number of nitrogens with two attached hydrogens (primary N) is 2. The molecular weight excluding hydrogens is 1150 g/mol. The number of benzene rings is 3. The summed E-state index contributed by atoms with van der Waals surface area (Å²) < 4.78 is 13.6. The number of aromatic amines is 1. The number of likely N-dealkylation sites (tertiary alicyclic amines) is 1. The summed E-state index contributed by atoms with van der Waals surface area (Å²) in [4.78, 5) is 139. The van der Waals surface area contributed by atoms with E-state index in [4.69, 9.17) is 11.5 Å². The molecular formula is C63H83FN14O11. The van der Waals surface area contributed by atoms with Crippen molar-refractivity contribution in [3.05, 3.63) is 132 Å². The molecule has 0 radical (unpaired) electrons. The number of aliphatic hydroxyl groups excluding tert-OH is 1. The molecule has 25 nitrogen and oxygen atoms in total. The molecule has 0 saturated carbocycles. The van der Waals surface area contributed by atoms with Crippen LogP contribution in [0.25, 0.3) is 10.9 Å². The Morgan fingerprint density at radius 2 is 1.35 bits per heavy atom. The van der Waals surface area contributed by atoms with Crippen molar-refractivity contribution < 1.29 is 57.8 Å². The Kier molecular flexibility index (Phi) is 26.8. The molecule has 0 bridgehead atoms. The number of phenolic OH excluding ortho intramolecular Hbond substituents is 1. The Morgan fingerprint density at radius 1 is 0.719 bits per heavy atom. The zero-order chi connectivity index (χ0) is 64.4. The summed E-state index contributed by atoms with van der Waals surface area (Å²) in [6.45, 7) is 5.32. The third-order valence-electron chi connectivity index (χ3n) is 15.0. The number of nitrogens with one attached hydrogen (secondary N) is 9. The average Bonchev–Trinajstić information content (AvgIpc) is 2.13. The summed E-state index contributed by atoms with van der Waals surface area (Å²) in [6, 6.07) is 12.7. The number of aryl methyl sites for hydroxylation is 1. The molecule has 5 aromatic rings. The van der Waals surface area contributed by atoms with Crippen molar-refractivity contribution in [2.75, 3.05) is 32.8 Å². The molecule has 0 spiro atoms. The van der Waals surface area contributed by atoms with E-state index in [0.29, 0.717) is 48.1 Å². The van der Waals surface area contributed by atoms with Crippen LogP contribution in [0.15, 0.2) is 109 Å². The van der Waals surface area contributed by atoms with Crippen LogP contribution in [-0.4, -0.2) is 159 Å². The lowest BCUT2D eigenvalue weighted by Gasteiger charge is -2.30. The van der Waals surface area contributed by atoms with E-state index in [1.54, 1.807) is 37.4 Å². The fraction of sp³-hybridized carbons (Fsp3) is 0.444. The van der Waals surface area contributed by atoms with Gasteiger partial charge in [-0.1, -0.05) is 56.3 Å². The summed E-state index contributed by atoms with van der Waals surface area (Å²) in [5.41, 5.74) is 14.0. The standard InChI is InChI=1S/C63H83FN14O11/c1-4-68-61(88)53-17-11-31-78(53)62(89)48(16-10-30-70-63(65)66)74-57(84)49(32-38(2)3)75-56(83)47(15-7-8-29-69-55(82)41-12-9-28-67-35-41)73-58(85)50(33-40-20-25-44(80)26-21-40)76-60(87)52(37-79)77-59(86)51(34-42-36-71-46-14-6-5-13-45(42)46)72-54(81)27-22-39-18-23-43(64)24-19-39/h5-6,9,12-14,18-21,23-26,28,35-36,38,47-53,71,79-80H,4,7-8,10-11,15-17,22,27,29-34,37H2,1-3H3,(H,68,88)(H,69,82)(H,72,81)(H,73,85)(H,74,84)(H,75,83)(H,76,87)(H,77,86)(H4,65,66,70)/t47-,48+,49+,50+,51-,52+,53+/m1/s1. The van der Waals surface area contributed by atoms with Crippen LogP contribution in [0.3, 0.4) is 0 Å². The van der Waals surface area contributed by atoms with Crippen molar-refractivity contribution in [3.63, 3.8) is 0 Å². The zero-order valence-corrected chi connectivity index (χ0v) is 50.4. The summed E-state index contributed by atoms with van der Waals surface area (Å²) >= 11 is 0. The van der Waals surface area contributed by atoms with E-state index >= 15 is 0 Å². The molecule has 1 saturated heterocycles. The average molecular weight is 1230 g/mol. The molecule has 3 heterocycles. The molecule has 15 N–H and O–H groups in total. The molecule has 2 aromatic heterocycles. The Hall–Kier alpha value is -9.46. The maximum Gasteiger partial charge on any atom is 0.252 e. The normalized spacial score (nSPS) is 14.9. The van der Waals surface area contributed by atoms with E-state index in [0.717, 1.165) is 10.9 Å². The fourth-order valence-corrected chi connectivity index (χ4v) is 10.3. The topological polar surface area (TPSA) is 387 Å². The number of aliphatic imine (C=N–C) groups is 1. The number of carbonyl (C=O) groups is 9. The van der Waals surface area contributed by atoms with Gasteiger partial charge in [-0.2, -0.15) is 0 Å². The number of fused-ring (bicyclic) bond motifs is 1. The number of halogens is 1. The number of guanidine groups is 1. The monoisotopic (exact) mass is 1230 g/mol. The van der Waals surface area contributed by atoms with Crippen molar-refractivity contribution in [1.29, 1.82) is 0 Å². The second kappa shape index (κ2) is 34.8. The minimum absolute atomic E-state index is 0.0541. The van der Waals surface area contributed by atoms with E-state index in [-0.39, 0.29) is 107 Å². The molecule has 26 heteroatoms. The molecule has 89 heavy (non-hydrogen) atoms. The van der Waals surface area contributed by atoms with Crippen molar-refractivity contribution in [2.45, 2.75) is 140 Å². The van der Waals surface area contributed by atoms with Crippen LogP contribution in [0.1, 0.15) is 106 Å². The number of unbranched alkanes of at least 4 members (excludes halogenated alkanes) is 1. The minimum Gasteiger partial charge on any atom is -0.508 e. The van der Waals surface area contributed by atoms with E-state index in [1.807, 2.05) is 38.1 Å². The molecule has 9 amide bonds. The highest BCUT2D eigenvalue weighted by molar-refractivity contribution is 5.98. The molecule has 478 valence electrons. The number of amides is 9. The predicted octanol–water partition coefficient (Wildman–Crippen LogP) is 1.55. The predicted molar refractivity (Wildman–Crippen MR) is 330 cm³/mol. The first-order valence-electron chi connectivity index (χ1n) is 30.0. The van der Waals surface area contributed by atoms with Gasteiger partial charge in [-0.3, -0.25) is 53.1 Å². The Labute approximate surface area is 516 Å². The number of aliphatic hydroxyl groups is 1. The summed E-state index contributed by atoms with van der Waals surface area (Å²) in [5, 5.41) is 43.5. The molecule has 1 aliphatic rings. The number of para-hydroxylation sites is 1. The van der Waals surface area contributed by atoms with Gasteiger partial charge < -0.3 is 74.1 Å². The maximum atomic E-state index is 14.8. The number of H-pyrrole nitrogens is 1. The number of rotatable bonds is 34. The lowest BCUT2D eigenvalue weighted by Crippen LogP contribution is -2.61. The maximum absolute atomic E-state index is 14.8. The second-order valence-corrected chi connectivity index (χ2v) is 22.3. The second-order valence-electron chi connectivity index (χ2n) is 22.3. The summed E-state index contributed by atoms with van der Waals surface area (Å²) in [5.74, 6) is -7.02. The highest BCUT2D eigenvalue weighted by atomic mass is 19.1. The molecule has 7 atom stereocenters. The van der Waals surface area contributed by atoms with Crippen molar-refractivity contribution in [2.24, 2.45) is 22.4 Å². The lowest BCUT2D eigenvalue weighted by molar-refractivity contribution is -0.142. The number of hydrogen-bond acceptors (Lipinski definition) is 13. The van der Waals surface area contributed by atoms with Gasteiger partial charge in [0.25, 0.3) is 5.91 Å². The van der Waals surface area contributed by atoms with Gasteiger partial charge >= 0.3 is 0 Å². The number of phenols is 1. The number of aromatic hydroxyl groups is 1. The zero-order valence-electron chi connectivity index (χ0n) is 50.4. The van der Waals surface area contributed by atoms with Gasteiger partial charge in [0.2, 0.25) is 47.3 Å². The van der Waals surface area contributed by atoms with Crippen LogP contribution in [0.2, 0.25) is 0 Å². The number of nitrogens with zero attached hydrogens (tertiary/aromatic N) is 3. The van der Waals surface area contributed by atoms with Gasteiger partial charge in [-0.25, -0.2) is 4.39 Å². The highest BCUT2D eigenvalue weighted by Gasteiger charge is 2.39. The van der Waals surface area contributed by atoms with Gasteiger partial charge in [-0.15, -0.1) is 0 Å². The van der Waals surface area contributed by atoms with Crippen LogP contribution in [0.5, 0.6) is 5.75 Å². The number of carbonyl (C=O) groups excluding carboxylic acids is 9. The van der Waals surface area contributed by atoms with Gasteiger partial charge in [0.05, 0.1) is 12.2 Å². The van der Waals surface area contributed by atoms with Gasteiger partial charge in [0, 0.05) is 74.9 Å². The minimum atomic E-state index is -1.71. The van der Waals surface area contributed by atoms with Crippen LogP contribution >= 0.6 is 0 Å². The van der Waals surface area contributed by atoms with E-state index in [1.165, 1.54) is 53.7 Å². The van der Waals surface area contributed by atoms with Crippen LogP contribution < -0.4 is 54.0 Å². The first kappa shape index (κ1) is 68.7. The van der Waals surface area contributed by atoms with E-state index < -0.39 is 96.1 Å². The van der Waals surface area contributed by atoms with Crippen molar-refractivity contribution in [3.8, 4) is 5.75 Å². The van der Waals surface area contributed by atoms with Crippen molar-refractivity contribution in [1.82, 2.24) is 57.4 Å². The first-order chi connectivity index (χ1) is 42.7. The van der Waals surface area contributed by atoms with E-state index in [2.05, 4.69) is 57.5 Å². The van der Waals surface area contributed by atoms with Crippen LogP contribution in [0, 0.1) is 11.7 Å².